The Kier molecular flexibility index (Phi) is 3.89. The summed E-state index contributed by atoms with van der Waals surface area (Å²) in [4.78, 5) is 4.14. The van der Waals surface area contributed by atoms with E-state index in [-0.39, 0.29) is 17.2 Å². The smallest absolute Gasteiger partial charge is 0.219 e. The number of aromatic nitrogens is 1. The van der Waals surface area contributed by atoms with Crippen LogP contribution in [0, 0.1) is 17.5 Å². The second-order valence-corrected chi connectivity index (χ2v) is 4.73. The molecule has 0 unspecified atom stereocenters. The molecule has 23 heavy (non-hydrogen) atoms. The SMILES string of the molecule is Oc1cc(Oc2cccc(-c3cc(F)cc(F)c3)n2)ccc1F. The third kappa shape index (κ3) is 3.42. The number of halogens is 3. The van der Waals surface area contributed by atoms with Gasteiger partial charge in [0, 0.05) is 23.8 Å². The standard InChI is InChI=1S/C17H10F3NO2/c18-11-6-10(7-12(19)8-11)15-2-1-3-17(21-15)23-13-4-5-14(20)16(22)9-13/h1-9,22H. The van der Waals surface area contributed by atoms with E-state index >= 15 is 0 Å². The highest BCUT2D eigenvalue weighted by atomic mass is 19.1. The number of ether oxygens (including phenoxy) is 1. The Morgan fingerprint density at radius 1 is 0.870 bits per heavy atom. The maximum absolute atomic E-state index is 13.3. The second-order valence-electron chi connectivity index (χ2n) is 4.73. The van der Waals surface area contributed by atoms with Gasteiger partial charge in [-0.1, -0.05) is 6.07 Å². The van der Waals surface area contributed by atoms with E-state index in [9.17, 15) is 18.3 Å². The first kappa shape index (κ1) is 14.9. The third-order valence-electron chi connectivity index (χ3n) is 3.02. The number of hydrogen-bond acceptors (Lipinski definition) is 3. The second kappa shape index (κ2) is 6.00. The molecule has 3 rings (SSSR count). The zero-order chi connectivity index (χ0) is 16.4. The van der Waals surface area contributed by atoms with E-state index in [1.165, 1.54) is 12.1 Å². The van der Waals surface area contributed by atoms with E-state index < -0.39 is 23.2 Å². The number of benzene rings is 2. The minimum atomic E-state index is -0.769. The van der Waals surface area contributed by atoms with Crippen LogP contribution in [0.2, 0.25) is 0 Å². The summed E-state index contributed by atoms with van der Waals surface area (Å²) in [6.07, 6.45) is 0. The maximum atomic E-state index is 13.3. The topological polar surface area (TPSA) is 42.4 Å². The molecule has 1 N–H and O–H groups in total. The van der Waals surface area contributed by atoms with Gasteiger partial charge in [-0.15, -0.1) is 0 Å². The van der Waals surface area contributed by atoms with Crippen molar-refractivity contribution in [2.75, 3.05) is 0 Å². The van der Waals surface area contributed by atoms with Crippen molar-refractivity contribution >= 4 is 0 Å². The highest BCUT2D eigenvalue weighted by Crippen LogP contribution is 2.27. The Bertz CT molecular complexity index is 848. The number of aromatic hydroxyl groups is 1. The van der Waals surface area contributed by atoms with Crippen molar-refractivity contribution in [2.45, 2.75) is 0 Å². The fraction of sp³-hybridized carbons (Fsp3) is 0. The van der Waals surface area contributed by atoms with E-state index in [0.29, 0.717) is 5.69 Å². The Balaban J connectivity index is 1.91. The Morgan fingerprint density at radius 3 is 2.30 bits per heavy atom. The molecule has 1 aromatic heterocycles. The first-order valence-electron chi connectivity index (χ1n) is 6.61. The van der Waals surface area contributed by atoms with Crippen molar-refractivity contribution in [3.05, 3.63) is 72.0 Å². The molecular formula is C17H10F3NO2. The molecule has 116 valence electrons. The zero-order valence-electron chi connectivity index (χ0n) is 11.6. The van der Waals surface area contributed by atoms with Crippen molar-refractivity contribution in [3.63, 3.8) is 0 Å². The average Bonchev–Trinajstić information content (AvgIpc) is 2.50. The molecule has 0 amide bonds. The number of hydrogen-bond donors (Lipinski definition) is 1. The number of rotatable bonds is 3. The van der Waals surface area contributed by atoms with E-state index in [2.05, 4.69) is 4.98 Å². The molecule has 0 fully saturated rings. The van der Waals surface area contributed by atoms with Gasteiger partial charge < -0.3 is 9.84 Å². The highest BCUT2D eigenvalue weighted by Gasteiger charge is 2.08. The van der Waals surface area contributed by atoms with Crippen molar-refractivity contribution in [1.82, 2.24) is 4.98 Å². The predicted octanol–water partition coefficient (Wildman–Crippen LogP) is 4.66. The maximum Gasteiger partial charge on any atom is 0.219 e. The van der Waals surface area contributed by atoms with Gasteiger partial charge in [-0.2, -0.15) is 0 Å². The summed E-state index contributed by atoms with van der Waals surface area (Å²) in [5.41, 5.74) is 0.571. The monoisotopic (exact) mass is 317 g/mol. The molecule has 0 saturated heterocycles. The molecule has 0 aliphatic rings. The lowest BCUT2D eigenvalue weighted by molar-refractivity contribution is 0.418. The first-order chi connectivity index (χ1) is 11.0. The van der Waals surface area contributed by atoms with Crippen molar-refractivity contribution in [2.24, 2.45) is 0 Å². The van der Waals surface area contributed by atoms with E-state index in [1.807, 2.05) is 0 Å². The predicted molar refractivity (Wildman–Crippen MR) is 77.7 cm³/mol. The van der Waals surface area contributed by atoms with Crippen LogP contribution in [0.15, 0.2) is 54.6 Å². The Morgan fingerprint density at radius 2 is 1.61 bits per heavy atom. The summed E-state index contributed by atoms with van der Waals surface area (Å²) in [7, 11) is 0. The Hall–Kier alpha value is -3.02. The molecule has 0 spiro atoms. The van der Waals surface area contributed by atoms with Gasteiger partial charge in [-0.25, -0.2) is 18.2 Å². The zero-order valence-corrected chi connectivity index (χ0v) is 11.6. The van der Waals surface area contributed by atoms with Crippen LogP contribution in [0.1, 0.15) is 0 Å². The van der Waals surface area contributed by atoms with Crippen LogP contribution >= 0.6 is 0 Å². The number of phenols is 1. The molecule has 0 aliphatic carbocycles. The van der Waals surface area contributed by atoms with Crippen LogP contribution in [0.25, 0.3) is 11.3 Å². The summed E-state index contributed by atoms with van der Waals surface area (Å²) in [6, 6.07) is 11.3. The van der Waals surface area contributed by atoms with Gasteiger partial charge in [0.1, 0.15) is 17.4 Å². The minimum Gasteiger partial charge on any atom is -0.505 e. The molecule has 3 nitrogen and oxygen atoms in total. The molecule has 6 heteroatoms. The van der Waals surface area contributed by atoms with E-state index in [4.69, 9.17) is 4.74 Å². The first-order valence-corrected chi connectivity index (χ1v) is 6.61. The summed E-state index contributed by atoms with van der Waals surface area (Å²) in [6.45, 7) is 0. The van der Waals surface area contributed by atoms with E-state index in [1.54, 1.807) is 12.1 Å². The fourth-order valence-corrected chi connectivity index (χ4v) is 2.01. The van der Waals surface area contributed by atoms with Gasteiger partial charge in [0.05, 0.1) is 5.69 Å². The van der Waals surface area contributed by atoms with Gasteiger partial charge in [0.25, 0.3) is 0 Å². The fourth-order valence-electron chi connectivity index (χ4n) is 2.01. The van der Waals surface area contributed by atoms with Crippen molar-refractivity contribution in [1.29, 1.82) is 0 Å². The summed E-state index contributed by atoms with van der Waals surface area (Å²) < 4.78 is 45.0. The lowest BCUT2D eigenvalue weighted by atomic mass is 10.1. The van der Waals surface area contributed by atoms with Crippen LogP contribution in [-0.2, 0) is 0 Å². The quantitative estimate of drug-likeness (QED) is 0.763. The molecule has 1 heterocycles. The number of nitrogens with zero attached hydrogens (tertiary/aromatic N) is 1. The van der Waals surface area contributed by atoms with Crippen LogP contribution < -0.4 is 4.74 Å². The highest BCUT2D eigenvalue weighted by molar-refractivity contribution is 5.59. The molecule has 0 bridgehead atoms. The number of phenolic OH excluding ortho intramolecular Hbond substituents is 1. The third-order valence-corrected chi connectivity index (χ3v) is 3.02. The summed E-state index contributed by atoms with van der Waals surface area (Å²) >= 11 is 0. The molecule has 0 radical (unpaired) electrons. The van der Waals surface area contributed by atoms with Crippen molar-refractivity contribution < 1.29 is 23.0 Å². The average molecular weight is 317 g/mol. The van der Waals surface area contributed by atoms with Crippen LogP contribution in [0.5, 0.6) is 17.4 Å². The lowest BCUT2D eigenvalue weighted by Gasteiger charge is -2.08. The molecule has 0 saturated carbocycles. The summed E-state index contributed by atoms with van der Waals surface area (Å²) in [5, 5.41) is 9.31. The minimum absolute atomic E-state index is 0.137. The van der Waals surface area contributed by atoms with Crippen LogP contribution in [0.3, 0.4) is 0 Å². The van der Waals surface area contributed by atoms with Gasteiger partial charge >= 0.3 is 0 Å². The van der Waals surface area contributed by atoms with Gasteiger partial charge in [-0.05, 0) is 30.3 Å². The van der Waals surface area contributed by atoms with Crippen molar-refractivity contribution in [3.8, 4) is 28.6 Å². The van der Waals surface area contributed by atoms with Gasteiger partial charge in [-0.3, -0.25) is 0 Å². The number of pyridine rings is 1. The molecule has 2 aromatic carbocycles. The van der Waals surface area contributed by atoms with E-state index in [0.717, 1.165) is 30.3 Å². The van der Waals surface area contributed by atoms with Gasteiger partial charge in [0.2, 0.25) is 5.88 Å². The summed E-state index contributed by atoms with van der Waals surface area (Å²) in [5.74, 6) is -2.43. The van der Waals surface area contributed by atoms with Crippen LogP contribution in [0.4, 0.5) is 13.2 Å². The Labute approximate surface area is 129 Å². The lowest BCUT2D eigenvalue weighted by Crippen LogP contribution is -1.92. The largest absolute Gasteiger partial charge is 0.505 e. The van der Waals surface area contributed by atoms with Crippen LogP contribution in [-0.4, -0.2) is 10.1 Å². The molecule has 3 aromatic rings. The van der Waals surface area contributed by atoms with Gasteiger partial charge in [0.15, 0.2) is 11.6 Å². The molecule has 0 atom stereocenters. The normalized spacial score (nSPS) is 10.6. The molecular weight excluding hydrogens is 307 g/mol. The molecule has 0 aliphatic heterocycles.